The molecule has 0 radical (unpaired) electrons. The summed E-state index contributed by atoms with van der Waals surface area (Å²) in [7, 11) is -3.98. The van der Waals surface area contributed by atoms with Crippen molar-refractivity contribution in [1.29, 1.82) is 0 Å². The molecule has 0 fully saturated rings. The molecular weight excluding hydrogens is 394 g/mol. The molecule has 0 amide bonds. The van der Waals surface area contributed by atoms with E-state index in [2.05, 4.69) is 27.8 Å². The van der Waals surface area contributed by atoms with E-state index < -0.39 is 26.6 Å². The minimum absolute atomic E-state index is 0.210. The van der Waals surface area contributed by atoms with Gasteiger partial charge in [0, 0.05) is 19.6 Å². The second-order valence-electron chi connectivity index (χ2n) is 6.60. The molecule has 1 aliphatic rings. The highest BCUT2D eigenvalue weighted by Crippen LogP contribution is 2.24. The van der Waals surface area contributed by atoms with Crippen LogP contribution in [0.15, 0.2) is 41.3 Å². The molecule has 3 rings (SSSR count). The Kier molecular flexibility index (Phi) is 6.47. The number of unbranched alkanes of at least 4 members (excludes halogenated alkanes) is 1. The molecule has 2 aromatic rings. The van der Waals surface area contributed by atoms with Crippen LogP contribution in [0.3, 0.4) is 0 Å². The fraction of sp³-hybridized carbons (Fsp3) is 0.368. The van der Waals surface area contributed by atoms with Gasteiger partial charge in [0.15, 0.2) is 11.6 Å². The van der Waals surface area contributed by atoms with Gasteiger partial charge < -0.3 is 0 Å². The minimum atomic E-state index is -3.98. The lowest BCUT2D eigenvalue weighted by Gasteiger charge is -2.28. The fourth-order valence-corrected chi connectivity index (χ4v) is 4.80. The van der Waals surface area contributed by atoms with Crippen LogP contribution in [-0.2, 0) is 23.0 Å². The molecule has 4 nitrogen and oxygen atoms in total. The summed E-state index contributed by atoms with van der Waals surface area (Å²) in [5, 5.41) is -0.339. The molecule has 0 saturated heterocycles. The van der Waals surface area contributed by atoms with Crippen molar-refractivity contribution in [1.82, 2.24) is 9.62 Å². The van der Waals surface area contributed by atoms with E-state index in [1.807, 2.05) is 6.07 Å². The van der Waals surface area contributed by atoms with Crippen molar-refractivity contribution >= 4 is 21.6 Å². The van der Waals surface area contributed by atoms with Crippen LogP contribution in [0.1, 0.15) is 24.0 Å². The van der Waals surface area contributed by atoms with E-state index in [0.29, 0.717) is 18.6 Å². The maximum Gasteiger partial charge on any atom is 0.242 e. The summed E-state index contributed by atoms with van der Waals surface area (Å²) in [4.78, 5) is 1.90. The molecule has 1 aliphatic heterocycles. The zero-order chi connectivity index (χ0) is 19.4. The van der Waals surface area contributed by atoms with Gasteiger partial charge in [0.1, 0.15) is 4.90 Å². The summed E-state index contributed by atoms with van der Waals surface area (Å²) in [5.74, 6) is -2.42. The van der Waals surface area contributed by atoms with Gasteiger partial charge in [-0.05, 0) is 49.1 Å². The van der Waals surface area contributed by atoms with Crippen LogP contribution >= 0.6 is 11.6 Å². The van der Waals surface area contributed by atoms with Crippen LogP contribution in [-0.4, -0.2) is 33.0 Å². The number of fused-ring (bicyclic) bond motifs is 1. The third kappa shape index (κ3) is 5.04. The number of nitrogens with one attached hydrogen (secondary N) is 1. The van der Waals surface area contributed by atoms with Crippen molar-refractivity contribution < 1.29 is 17.2 Å². The van der Waals surface area contributed by atoms with Gasteiger partial charge in [-0.25, -0.2) is 21.9 Å². The molecule has 2 aromatic carbocycles. The zero-order valence-corrected chi connectivity index (χ0v) is 16.3. The van der Waals surface area contributed by atoms with Crippen molar-refractivity contribution in [2.75, 3.05) is 19.6 Å². The van der Waals surface area contributed by atoms with E-state index in [0.717, 1.165) is 32.5 Å². The van der Waals surface area contributed by atoms with Crippen LogP contribution in [0.4, 0.5) is 8.78 Å². The number of hydrogen-bond acceptors (Lipinski definition) is 3. The van der Waals surface area contributed by atoms with Crippen molar-refractivity contribution in [2.24, 2.45) is 0 Å². The molecule has 146 valence electrons. The van der Waals surface area contributed by atoms with Gasteiger partial charge in [-0.3, -0.25) is 4.90 Å². The molecular formula is C19H21ClF2N2O2S. The first kappa shape index (κ1) is 20.2. The first-order chi connectivity index (χ1) is 12.9. The van der Waals surface area contributed by atoms with E-state index in [1.54, 1.807) is 0 Å². The van der Waals surface area contributed by atoms with E-state index >= 15 is 0 Å². The maximum atomic E-state index is 13.3. The maximum absolute atomic E-state index is 13.3. The second-order valence-corrected chi connectivity index (χ2v) is 8.74. The summed E-state index contributed by atoms with van der Waals surface area (Å²) < 4.78 is 53.2. The molecule has 0 aromatic heterocycles. The van der Waals surface area contributed by atoms with Crippen LogP contribution in [0.25, 0.3) is 0 Å². The molecule has 0 spiro atoms. The summed E-state index contributed by atoms with van der Waals surface area (Å²) in [6.45, 7) is 2.99. The number of benzene rings is 2. The SMILES string of the molecule is O=S(=O)(NCCCCN1CCc2ccccc2C1)c1cc(F)c(F)cc1Cl. The number of hydrogen-bond donors (Lipinski definition) is 1. The minimum Gasteiger partial charge on any atom is -0.299 e. The average molecular weight is 415 g/mol. The van der Waals surface area contributed by atoms with E-state index in [4.69, 9.17) is 11.6 Å². The van der Waals surface area contributed by atoms with Crippen molar-refractivity contribution in [3.05, 3.63) is 64.2 Å². The van der Waals surface area contributed by atoms with Crippen molar-refractivity contribution in [3.8, 4) is 0 Å². The monoisotopic (exact) mass is 414 g/mol. The van der Waals surface area contributed by atoms with Crippen LogP contribution in [0.2, 0.25) is 5.02 Å². The topological polar surface area (TPSA) is 49.4 Å². The van der Waals surface area contributed by atoms with E-state index in [-0.39, 0.29) is 11.6 Å². The zero-order valence-electron chi connectivity index (χ0n) is 14.7. The van der Waals surface area contributed by atoms with Gasteiger partial charge in [0.05, 0.1) is 5.02 Å². The molecule has 27 heavy (non-hydrogen) atoms. The predicted octanol–water partition coefficient (Wildman–Crippen LogP) is 3.74. The van der Waals surface area contributed by atoms with Crippen LogP contribution in [0.5, 0.6) is 0 Å². The number of rotatable bonds is 7. The largest absolute Gasteiger partial charge is 0.299 e. The number of halogens is 3. The van der Waals surface area contributed by atoms with Crippen molar-refractivity contribution in [3.63, 3.8) is 0 Å². The lowest BCUT2D eigenvalue weighted by atomic mass is 10.00. The average Bonchev–Trinajstić information content (AvgIpc) is 2.64. The molecule has 0 bridgehead atoms. The van der Waals surface area contributed by atoms with Crippen molar-refractivity contribution in [2.45, 2.75) is 30.7 Å². The lowest BCUT2D eigenvalue weighted by molar-refractivity contribution is 0.249. The normalized spacial score (nSPS) is 14.9. The summed E-state index contributed by atoms with van der Waals surface area (Å²) in [6, 6.07) is 9.66. The lowest BCUT2D eigenvalue weighted by Crippen LogP contribution is -2.32. The Hall–Kier alpha value is -1.54. The highest BCUT2D eigenvalue weighted by atomic mass is 35.5. The molecule has 8 heteroatoms. The van der Waals surface area contributed by atoms with Gasteiger partial charge in [0.25, 0.3) is 0 Å². The standard InChI is InChI=1S/C19H21ClF2N2O2S/c20-16-11-17(21)18(22)12-19(16)27(25,26)23-8-3-4-9-24-10-7-14-5-1-2-6-15(14)13-24/h1-2,5-6,11-12,23H,3-4,7-10,13H2. The van der Waals surface area contributed by atoms with Gasteiger partial charge in [-0.1, -0.05) is 35.9 Å². The smallest absolute Gasteiger partial charge is 0.242 e. The van der Waals surface area contributed by atoms with E-state index in [1.165, 1.54) is 11.1 Å². The summed E-state index contributed by atoms with van der Waals surface area (Å²) in [5.41, 5.74) is 2.74. The Morgan fingerprint density at radius 3 is 2.56 bits per heavy atom. The first-order valence-corrected chi connectivity index (χ1v) is 10.7. The molecule has 1 N–H and O–H groups in total. The Balaban J connectivity index is 1.46. The molecule has 0 atom stereocenters. The molecule has 0 saturated carbocycles. The van der Waals surface area contributed by atoms with Gasteiger partial charge in [-0.2, -0.15) is 0 Å². The summed E-state index contributed by atoms with van der Waals surface area (Å²) >= 11 is 5.74. The number of nitrogens with zero attached hydrogens (tertiary/aromatic N) is 1. The Morgan fingerprint density at radius 1 is 1.07 bits per heavy atom. The highest BCUT2D eigenvalue weighted by Gasteiger charge is 2.21. The highest BCUT2D eigenvalue weighted by molar-refractivity contribution is 7.89. The van der Waals surface area contributed by atoms with Crippen LogP contribution in [0, 0.1) is 11.6 Å². The fourth-order valence-electron chi connectivity index (χ4n) is 3.20. The van der Waals surface area contributed by atoms with Gasteiger partial charge >= 0.3 is 0 Å². The number of sulfonamides is 1. The first-order valence-electron chi connectivity index (χ1n) is 8.80. The third-order valence-corrected chi connectivity index (χ3v) is 6.59. The Morgan fingerprint density at radius 2 is 1.78 bits per heavy atom. The molecule has 1 heterocycles. The quantitative estimate of drug-likeness (QED) is 0.554. The summed E-state index contributed by atoms with van der Waals surface area (Å²) in [6.07, 6.45) is 2.49. The Labute approximate surface area is 163 Å². The Bertz CT molecular complexity index is 922. The predicted molar refractivity (Wildman–Crippen MR) is 101 cm³/mol. The second kappa shape index (κ2) is 8.65. The third-order valence-electron chi connectivity index (χ3n) is 4.67. The molecule has 0 unspecified atom stereocenters. The van der Waals surface area contributed by atoms with E-state index in [9.17, 15) is 17.2 Å². The van der Waals surface area contributed by atoms with Gasteiger partial charge in [-0.15, -0.1) is 0 Å². The van der Waals surface area contributed by atoms with Gasteiger partial charge in [0.2, 0.25) is 10.0 Å². The van der Waals surface area contributed by atoms with Crippen LogP contribution < -0.4 is 4.72 Å². The molecule has 0 aliphatic carbocycles.